The van der Waals surface area contributed by atoms with Crippen molar-refractivity contribution in [3.8, 4) is 0 Å². The molecular formula is C13H15ClIN3. The molecule has 1 N–H and O–H groups in total. The molecule has 1 heterocycles. The fourth-order valence-electron chi connectivity index (χ4n) is 1.80. The molecule has 0 aliphatic carbocycles. The quantitative estimate of drug-likeness (QED) is 0.823. The molecule has 0 atom stereocenters. The van der Waals surface area contributed by atoms with Gasteiger partial charge in [-0.2, -0.15) is 5.10 Å². The number of anilines is 1. The average molecular weight is 376 g/mol. The lowest BCUT2D eigenvalue weighted by Gasteiger charge is -2.09. The molecule has 0 aliphatic rings. The summed E-state index contributed by atoms with van der Waals surface area (Å²) < 4.78 is 3.05. The van der Waals surface area contributed by atoms with Crippen LogP contribution in [0.2, 0.25) is 5.02 Å². The Balaban J connectivity index is 2.16. The number of benzene rings is 1. The molecule has 0 bridgehead atoms. The van der Waals surface area contributed by atoms with E-state index in [9.17, 15) is 0 Å². The number of aryl methyl sites for hydroxylation is 2. The maximum atomic E-state index is 6.31. The van der Waals surface area contributed by atoms with Crippen LogP contribution in [-0.4, -0.2) is 9.78 Å². The smallest absolute Gasteiger partial charge is 0.0868 e. The third-order valence-electron chi connectivity index (χ3n) is 2.82. The van der Waals surface area contributed by atoms with E-state index in [1.54, 1.807) is 0 Å². The summed E-state index contributed by atoms with van der Waals surface area (Å²) in [5, 5.41) is 8.58. The van der Waals surface area contributed by atoms with Crippen LogP contribution in [0.3, 0.4) is 0 Å². The average Bonchev–Trinajstić information content (AvgIpc) is 2.64. The molecule has 0 aliphatic heterocycles. The van der Waals surface area contributed by atoms with Crippen molar-refractivity contribution in [3.63, 3.8) is 0 Å². The van der Waals surface area contributed by atoms with Gasteiger partial charge in [-0.1, -0.05) is 30.7 Å². The molecule has 0 spiro atoms. The highest BCUT2D eigenvalue weighted by atomic mass is 127. The minimum atomic E-state index is 0.683. The highest BCUT2D eigenvalue weighted by molar-refractivity contribution is 14.1. The Morgan fingerprint density at radius 2 is 2.11 bits per heavy atom. The Morgan fingerprint density at radius 1 is 1.39 bits per heavy atom. The number of hydrogen-bond donors (Lipinski definition) is 1. The van der Waals surface area contributed by atoms with Crippen LogP contribution >= 0.6 is 34.2 Å². The van der Waals surface area contributed by atoms with Crippen LogP contribution < -0.4 is 5.32 Å². The van der Waals surface area contributed by atoms with Gasteiger partial charge in [-0.05, 0) is 41.1 Å². The van der Waals surface area contributed by atoms with Crippen LogP contribution in [0, 0.1) is 3.57 Å². The number of nitrogens with one attached hydrogen (secondary N) is 1. The van der Waals surface area contributed by atoms with E-state index in [4.69, 9.17) is 11.6 Å². The van der Waals surface area contributed by atoms with Gasteiger partial charge in [0.15, 0.2) is 0 Å². The number of nitrogens with zero attached hydrogens (tertiary/aromatic N) is 2. The second kappa shape index (κ2) is 5.93. The van der Waals surface area contributed by atoms with Crippen molar-refractivity contribution in [1.82, 2.24) is 9.78 Å². The van der Waals surface area contributed by atoms with E-state index in [1.165, 1.54) is 3.57 Å². The van der Waals surface area contributed by atoms with Crippen molar-refractivity contribution >= 4 is 39.9 Å². The van der Waals surface area contributed by atoms with E-state index >= 15 is 0 Å². The van der Waals surface area contributed by atoms with Gasteiger partial charge in [-0.3, -0.25) is 4.68 Å². The summed E-state index contributed by atoms with van der Waals surface area (Å²) in [6.45, 7) is 2.74. The van der Waals surface area contributed by atoms with Crippen LogP contribution in [0.1, 0.15) is 18.3 Å². The van der Waals surface area contributed by atoms with E-state index in [0.717, 1.165) is 28.5 Å². The van der Waals surface area contributed by atoms with Gasteiger partial charge in [0, 0.05) is 16.3 Å². The molecule has 0 saturated heterocycles. The van der Waals surface area contributed by atoms with Gasteiger partial charge in [-0.25, -0.2) is 0 Å². The zero-order chi connectivity index (χ0) is 13.1. The molecule has 0 saturated carbocycles. The fraction of sp³-hybridized carbons (Fsp3) is 0.308. The normalized spacial score (nSPS) is 10.7. The first-order valence-electron chi connectivity index (χ1n) is 5.82. The molecule has 2 aromatic rings. The Kier molecular flexibility index (Phi) is 4.50. The second-order valence-electron chi connectivity index (χ2n) is 4.02. The van der Waals surface area contributed by atoms with Gasteiger partial charge in [0.25, 0.3) is 0 Å². The van der Waals surface area contributed by atoms with Crippen LogP contribution in [-0.2, 0) is 20.0 Å². The minimum absolute atomic E-state index is 0.683. The number of rotatable bonds is 4. The van der Waals surface area contributed by atoms with Crippen molar-refractivity contribution in [1.29, 1.82) is 0 Å². The van der Waals surface area contributed by atoms with Crippen molar-refractivity contribution < 1.29 is 0 Å². The molecule has 18 heavy (non-hydrogen) atoms. The van der Waals surface area contributed by atoms with Crippen molar-refractivity contribution in [2.45, 2.75) is 19.9 Å². The molecule has 96 valence electrons. The number of hydrogen-bond acceptors (Lipinski definition) is 2. The zero-order valence-corrected chi connectivity index (χ0v) is 13.3. The number of halogens is 2. The molecular weight excluding hydrogens is 361 g/mol. The summed E-state index contributed by atoms with van der Waals surface area (Å²) in [5.74, 6) is 0. The van der Waals surface area contributed by atoms with E-state index in [1.807, 2.05) is 23.9 Å². The van der Waals surface area contributed by atoms with E-state index < -0.39 is 0 Å². The molecule has 0 fully saturated rings. The monoisotopic (exact) mass is 375 g/mol. The topological polar surface area (TPSA) is 29.9 Å². The first kappa shape index (κ1) is 13.7. The van der Waals surface area contributed by atoms with Crippen LogP contribution in [0.4, 0.5) is 5.69 Å². The first-order chi connectivity index (χ1) is 8.63. The molecule has 5 heteroatoms. The SMILES string of the molecule is CCc1nn(C)c(CNc2ccccc2I)c1Cl. The van der Waals surface area contributed by atoms with Crippen LogP contribution in [0.25, 0.3) is 0 Å². The molecule has 1 aromatic carbocycles. The highest BCUT2D eigenvalue weighted by Crippen LogP contribution is 2.23. The Morgan fingerprint density at radius 3 is 2.72 bits per heavy atom. The van der Waals surface area contributed by atoms with Gasteiger partial charge >= 0.3 is 0 Å². The standard InChI is InChI=1S/C13H15ClIN3/c1-3-10-13(14)12(18(2)17-10)8-16-11-7-5-4-6-9(11)15/h4-7,16H,3,8H2,1-2H3. The van der Waals surface area contributed by atoms with Crippen LogP contribution in [0.5, 0.6) is 0 Å². The number of aromatic nitrogens is 2. The lowest BCUT2D eigenvalue weighted by molar-refractivity contribution is 0.707. The van der Waals surface area contributed by atoms with Gasteiger partial charge in [-0.15, -0.1) is 0 Å². The van der Waals surface area contributed by atoms with Crippen molar-refractivity contribution in [2.75, 3.05) is 5.32 Å². The van der Waals surface area contributed by atoms with Gasteiger partial charge < -0.3 is 5.32 Å². The third kappa shape index (κ3) is 2.80. The maximum Gasteiger partial charge on any atom is 0.0868 e. The Labute approximate surface area is 126 Å². The van der Waals surface area contributed by atoms with Gasteiger partial charge in [0.2, 0.25) is 0 Å². The Hall–Kier alpha value is -0.750. The Bertz CT molecular complexity index is 551. The van der Waals surface area contributed by atoms with Crippen LogP contribution in [0.15, 0.2) is 24.3 Å². The lowest BCUT2D eigenvalue weighted by Crippen LogP contribution is -2.06. The summed E-state index contributed by atoms with van der Waals surface area (Å²) in [6.07, 6.45) is 0.857. The van der Waals surface area contributed by atoms with E-state index in [-0.39, 0.29) is 0 Å². The van der Waals surface area contributed by atoms with Gasteiger partial charge in [0.05, 0.1) is 23.0 Å². The number of para-hydroxylation sites is 1. The molecule has 0 radical (unpaired) electrons. The summed E-state index contributed by atoms with van der Waals surface area (Å²) in [5.41, 5.74) is 3.10. The third-order valence-corrected chi connectivity index (χ3v) is 4.20. The fourth-order valence-corrected chi connectivity index (χ4v) is 2.73. The summed E-state index contributed by atoms with van der Waals surface area (Å²) in [7, 11) is 1.93. The van der Waals surface area contributed by atoms with Crippen molar-refractivity contribution in [2.24, 2.45) is 7.05 Å². The minimum Gasteiger partial charge on any atom is -0.378 e. The van der Waals surface area contributed by atoms with Gasteiger partial charge in [0.1, 0.15) is 0 Å². The second-order valence-corrected chi connectivity index (χ2v) is 5.56. The van der Waals surface area contributed by atoms with E-state index in [0.29, 0.717) is 6.54 Å². The predicted molar refractivity (Wildman–Crippen MR) is 84.1 cm³/mol. The first-order valence-corrected chi connectivity index (χ1v) is 7.27. The molecule has 2 rings (SSSR count). The highest BCUT2D eigenvalue weighted by Gasteiger charge is 2.12. The summed E-state index contributed by atoms with van der Waals surface area (Å²) in [4.78, 5) is 0. The zero-order valence-electron chi connectivity index (χ0n) is 10.4. The molecule has 0 unspecified atom stereocenters. The maximum absolute atomic E-state index is 6.31. The van der Waals surface area contributed by atoms with E-state index in [2.05, 4.69) is 52.1 Å². The molecule has 0 amide bonds. The largest absolute Gasteiger partial charge is 0.378 e. The van der Waals surface area contributed by atoms with Crippen molar-refractivity contribution in [3.05, 3.63) is 44.2 Å². The summed E-state index contributed by atoms with van der Waals surface area (Å²) in [6, 6.07) is 8.18. The molecule has 1 aromatic heterocycles. The molecule has 3 nitrogen and oxygen atoms in total. The lowest BCUT2D eigenvalue weighted by atomic mass is 10.3. The summed E-state index contributed by atoms with van der Waals surface area (Å²) >= 11 is 8.63. The predicted octanol–water partition coefficient (Wildman–Crippen LogP) is 3.85.